The zero-order valence-electron chi connectivity index (χ0n) is 24.7. The molecule has 1 aliphatic heterocycles. The van der Waals surface area contributed by atoms with Crippen LogP contribution in [0.25, 0.3) is 0 Å². The SMILES string of the molecule is CC1(C)CCCC2(C)C1CCC(C)(O)C2CC=O.CC1(C)CCCC2(C)C1CCC1(C)OC(O)CC12. The summed E-state index contributed by atoms with van der Waals surface area (Å²) in [5, 5.41) is 20.6. The Morgan fingerprint density at radius 1 is 0.750 bits per heavy atom. The van der Waals surface area contributed by atoms with Crippen molar-refractivity contribution in [3.63, 3.8) is 0 Å². The highest BCUT2D eigenvalue weighted by Gasteiger charge is 2.62. The van der Waals surface area contributed by atoms with Gasteiger partial charge in [-0.05, 0) is 111 Å². The van der Waals surface area contributed by atoms with E-state index in [0.717, 1.165) is 44.3 Å². The van der Waals surface area contributed by atoms with Gasteiger partial charge in [0.1, 0.15) is 6.29 Å². The van der Waals surface area contributed by atoms with Crippen molar-refractivity contribution < 1.29 is 19.7 Å². The smallest absolute Gasteiger partial charge is 0.155 e. The van der Waals surface area contributed by atoms with Gasteiger partial charge in [0.2, 0.25) is 0 Å². The molecule has 36 heavy (non-hydrogen) atoms. The van der Waals surface area contributed by atoms with E-state index in [1.807, 2.05) is 6.92 Å². The van der Waals surface area contributed by atoms with Gasteiger partial charge in [-0.3, -0.25) is 0 Å². The number of hydrogen-bond acceptors (Lipinski definition) is 4. The fraction of sp³-hybridized carbons (Fsp3) is 0.969. The molecule has 2 N–H and O–H groups in total. The maximum absolute atomic E-state index is 11.0. The van der Waals surface area contributed by atoms with Crippen molar-refractivity contribution in [1.82, 2.24) is 0 Å². The van der Waals surface area contributed by atoms with E-state index >= 15 is 0 Å². The molecule has 0 amide bonds. The minimum absolute atomic E-state index is 0.0713. The summed E-state index contributed by atoms with van der Waals surface area (Å²) in [5.41, 5.74) is 0.570. The Kier molecular flexibility index (Phi) is 7.40. The van der Waals surface area contributed by atoms with E-state index in [9.17, 15) is 15.0 Å². The standard InChI is InChI=1S/2C16H28O2/c1-14(2)7-5-8-15(3)11(14)6-9-16(4)12(15)10-13(17)18-16;1-14(2)8-5-9-15(3)12(14)6-10-16(4,18)13(15)7-11-17/h11-13,17H,5-10H2,1-4H3;11-13,18H,5-10H2,1-4H3. The molecule has 9 atom stereocenters. The number of aliphatic hydroxyl groups excluding tert-OH is 1. The van der Waals surface area contributed by atoms with Gasteiger partial charge >= 0.3 is 0 Å². The van der Waals surface area contributed by atoms with E-state index in [4.69, 9.17) is 4.74 Å². The highest BCUT2D eigenvalue weighted by Crippen LogP contribution is 2.65. The Morgan fingerprint density at radius 3 is 1.86 bits per heavy atom. The number of rotatable bonds is 2. The molecule has 0 aromatic rings. The van der Waals surface area contributed by atoms with Crippen molar-refractivity contribution >= 4 is 6.29 Å². The number of fused-ring (bicyclic) bond motifs is 4. The monoisotopic (exact) mass is 504 g/mol. The van der Waals surface area contributed by atoms with Crippen LogP contribution in [-0.2, 0) is 9.53 Å². The Bertz CT molecular complexity index is 817. The maximum atomic E-state index is 11.0. The summed E-state index contributed by atoms with van der Waals surface area (Å²) in [6, 6.07) is 0. The number of hydrogen-bond donors (Lipinski definition) is 2. The lowest BCUT2D eigenvalue weighted by atomic mass is 9.45. The molecule has 0 bridgehead atoms. The summed E-state index contributed by atoms with van der Waals surface area (Å²) in [4.78, 5) is 11.0. The van der Waals surface area contributed by atoms with E-state index in [2.05, 4.69) is 48.5 Å². The summed E-state index contributed by atoms with van der Waals surface area (Å²) in [7, 11) is 0. The van der Waals surface area contributed by atoms with E-state index in [0.29, 0.717) is 34.5 Å². The molecule has 0 spiro atoms. The molecule has 1 heterocycles. The van der Waals surface area contributed by atoms with Gasteiger partial charge in [-0.2, -0.15) is 0 Å². The lowest BCUT2D eigenvalue weighted by Gasteiger charge is -2.61. The highest BCUT2D eigenvalue weighted by atomic mass is 16.6. The van der Waals surface area contributed by atoms with Crippen LogP contribution in [0.4, 0.5) is 0 Å². The summed E-state index contributed by atoms with van der Waals surface area (Å²) in [6.45, 7) is 18.6. The molecule has 4 saturated carbocycles. The Morgan fingerprint density at radius 2 is 1.28 bits per heavy atom. The van der Waals surface area contributed by atoms with Crippen molar-refractivity contribution in [3.8, 4) is 0 Å². The van der Waals surface area contributed by atoms with E-state index in [1.165, 1.54) is 38.5 Å². The van der Waals surface area contributed by atoms with Crippen LogP contribution in [0.2, 0.25) is 0 Å². The largest absolute Gasteiger partial charge is 0.390 e. The molecule has 5 fully saturated rings. The summed E-state index contributed by atoms with van der Waals surface area (Å²) in [5.74, 6) is 2.11. The van der Waals surface area contributed by atoms with Gasteiger partial charge in [-0.15, -0.1) is 0 Å². The number of ether oxygens (including phenoxy) is 1. The van der Waals surface area contributed by atoms with Crippen molar-refractivity contribution in [2.45, 2.75) is 150 Å². The Labute approximate surface area is 221 Å². The van der Waals surface area contributed by atoms with Gasteiger partial charge in [0, 0.05) is 12.8 Å². The molecule has 0 radical (unpaired) electrons. The van der Waals surface area contributed by atoms with Crippen LogP contribution in [0.5, 0.6) is 0 Å². The lowest BCUT2D eigenvalue weighted by molar-refractivity contribution is -0.181. The zero-order chi connectivity index (χ0) is 26.8. The second kappa shape index (κ2) is 9.33. The van der Waals surface area contributed by atoms with Gasteiger partial charge in [0.15, 0.2) is 6.29 Å². The quantitative estimate of drug-likeness (QED) is 0.387. The normalized spacial score (nSPS) is 51.1. The van der Waals surface area contributed by atoms with Crippen molar-refractivity contribution in [2.75, 3.05) is 0 Å². The Balaban J connectivity index is 0.000000169. The third kappa shape index (κ3) is 4.64. The number of carbonyl (C=O) groups is 1. The number of aliphatic hydroxyl groups is 2. The molecule has 4 aliphatic carbocycles. The van der Waals surface area contributed by atoms with E-state index in [1.54, 1.807) is 0 Å². The minimum atomic E-state index is -0.667. The third-order valence-corrected chi connectivity index (χ3v) is 12.7. The van der Waals surface area contributed by atoms with Crippen LogP contribution in [0.3, 0.4) is 0 Å². The van der Waals surface area contributed by atoms with Gasteiger partial charge < -0.3 is 19.7 Å². The molecule has 0 aromatic carbocycles. The fourth-order valence-electron chi connectivity index (χ4n) is 11.1. The molecule has 5 rings (SSSR count). The second-order valence-corrected chi connectivity index (χ2v) is 15.9. The Hall–Kier alpha value is -0.450. The van der Waals surface area contributed by atoms with Crippen LogP contribution in [0, 0.1) is 45.3 Å². The summed E-state index contributed by atoms with van der Waals surface area (Å²) >= 11 is 0. The summed E-state index contributed by atoms with van der Waals surface area (Å²) < 4.78 is 5.89. The van der Waals surface area contributed by atoms with Crippen LogP contribution in [0.1, 0.15) is 132 Å². The first-order chi connectivity index (χ1) is 16.5. The van der Waals surface area contributed by atoms with Gasteiger partial charge in [-0.25, -0.2) is 0 Å². The molecular weight excluding hydrogens is 448 g/mol. The fourth-order valence-corrected chi connectivity index (χ4v) is 11.1. The first-order valence-corrected chi connectivity index (χ1v) is 15.0. The molecule has 9 unspecified atom stereocenters. The lowest BCUT2D eigenvalue weighted by Crippen LogP contribution is -2.57. The molecule has 4 heteroatoms. The molecule has 5 aliphatic rings. The van der Waals surface area contributed by atoms with Gasteiger partial charge in [-0.1, -0.05) is 54.4 Å². The molecule has 4 nitrogen and oxygen atoms in total. The van der Waals surface area contributed by atoms with Gasteiger partial charge in [0.25, 0.3) is 0 Å². The first-order valence-electron chi connectivity index (χ1n) is 15.0. The van der Waals surface area contributed by atoms with Gasteiger partial charge in [0.05, 0.1) is 11.2 Å². The predicted molar refractivity (Wildman–Crippen MR) is 145 cm³/mol. The zero-order valence-corrected chi connectivity index (χ0v) is 24.7. The maximum Gasteiger partial charge on any atom is 0.155 e. The van der Waals surface area contributed by atoms with Crippen LogP contribution in [-0.4, -0.2) is 34.0 Å². The van der Waals surface area contributed by atoms with Crippen LogP contribution < -0.4 is 0 Å². The molecular formula is C32H56O4. The number of aldehydes is 1. The van der Waals surface area contributed by atoms with E-state index < -0.39 is 11.9 Å². The summed E-state index contributed by atoms with van der Waals surface area (Å²) in [6.07, 6.45) is 13.9. The molecule has 208 valence electrons. The average molecular weight is 505 g/mol. The van der Waals surface area contributed by atoms with Crippen LogP contribution in [0.15, 0.2) is 0 Å². The number of carbonyl (C=O) groups excluding carboxylic acids is 1. The van der Waals surface area contributed by atoms with Crippen molar-refractivity contribution in [2.24, 2.45) is 45.3 Å². The predicted octanol–water partition coefficient (Wildman–Crippen LogP) is 7.30. The van der Waals surface area contributed by atoms with Crippen LogP contribution >= 0.6 is 0 Å². The topological polar surface area (TPSA) is 66.8 Å². The highest BCUT2D eigenvalue weighted by molar-refractivity contribution is 5.50. The first kappa shape index (κ1) is 28.6. The third-order valence-electron chi connectivity index (χ3n) is 12.7. The molecule has 1 saturated heterocycles. The van der Waals surface area contributed by atoms with Crippen molar-refractivity contribution in [3.05, 3.63) is 0 Å². The molecule has 0 aromatic heterocycles. The second-order valence-electron chi connectivity index (χ2n) is 15.9. The van der Waals surface area contributed by atoms with E-state index in [-0.39, 0.29) is 16.9 Å². The minimum Gasteiger partial charge on any atom is -0.390 e. The van der Waals surface area contributed by atoms with Crippen molar-refractivity contribution in [1.29, 1.82) is 0 Å². The average Bonchev–Trinajstić information content (AvgIpc) is 3.05.